The second-order valence-electron chi connectivity index (χ2n) is 5.68. The number of carbonyl (C=O) groups excluding carboxylic acids is 1. The Morgan fingerprint density at radius 2 is 2.09 bits per heavy atom. The molecule has 23 heavy (non-hydrogen) atoms. The maximum absolute atomic E-state index is 12.3. The van der Waals surface area contributed by atoms with Crippen LogP contribution in [0.2, 0.25) is 0 Å². The normalized spacial score (nSPS) is 12.3. The molecular weight excluding hydrogens is 333 g/mol. The molecule has 0 aliphatic rings. The van der Waals surface area contributed by atoms with Crippen molar-refractivity contribution in [3.63, 3.8) is 0 Å². The predicted octanol–water partition coefficient (Wildman–Crippen LogP) is 3.92. The van der Waals surface area contributed by atoms with Gasteiger partial charge in [0.15, 0.2) is 0 Å². The maximum atomic E-state index is 12.3. The van der Waals surface area contributed by atoms with Crippen molar-refractivity contribution in [1.29, 1.82) is 0 Å². The topological polar surface area (TPSA) is 69.0 Å². The van der Waals surface area contributed by atoms with Gasteiger partial charge >= 0.3 is 12.3 Å². The molecule has 0 radical (unpaired) electrons. The number of anilines is 1. The van der Waals surface area contributed by atoms with E-state index >= 15 is 0 Å². The van der Waals surface area contributed by atoms with Gasteiger partial charge in [-0.25, -0.2) is 9.78 Å². The molecule has 2 heterocycles. The molecule has 0 aliphatic carbocycles. The summed E-state index contributed by atoms with van der Waals surface area (Å²) in [6, 6.07) is 1.43. The summed E-state index contributed by atoms with van der Waals surface area (Å²) in [4.78, 5) is 15.7. The summed E-state index contributed by atoms with van der Waals surface area (Å²) in [5.41, 5.74) is -0.337. The monoisotopic (exact) mass is 348 g/mol. The van der Waals surface area contributed by atoms with Crippen LogP contribution in [-0.4, -0.2) is 32.6 Å². The van der Waals surface area contributed by atoms with E-state index in [2.05, 4.69) is 15.4 Å². The van der Waals surface area contributed by atoms with Crippen LogP contribution in [-0.2, 0) is 11.3 Å². The van der Waals surface area contributed by atoms with Gasteiger partial charge in [-0.2, -0.15) is 18.3 Å². The Morgan fingerprint density at radius 3 is 2.70 bits per heavy atom. The lowest BCUT2D eigenvalue weighted by Gasteiger charge is -2.19. The molecule has 0 unspecified atom stereocenters. The molecule has 2 rings (SSSR count). The number of aromatic nitrogens is 3. The largest absolute Gasteiger partial charge is 0.444 e. The van der Waals surface area contributed by atoms with Crippen LogP contribution in [0.25, 0.3) is 10.7 Å². The van der Waals surface area contributed by atoms with E-state index < -0.39 is 24.4 Å². The number of nitrogens with zero attached hydrogens (tertiary/aromatic N) is 3. The third-order valence-electron chi connectivity index (χ3n) is 2.33. The van der Waals surface area contributed by atoms with Crippen LogP contribution in [0.15, 0.2) is 17.6 Å². The maximum Gasteiger partial charge on any atom is 0.413 e. The Balaban J connectivity index is 2.03. The number of halogens is 3. The first kappa shape index (κ1) is 17.3. The molecular formula is C13H15F3N4O2S. The number of nitrogens with one attached hydrogen (secondary N) is 1. The predicted molar refractivity (Wildman–Crippen MR) is 79.2 cm³/mol. The Morgan fingerprint density at radius 1 is 1.39 bits per heavy atom. The summed E-state index contributed by atoms with van der Waals surface area (Å²) in [5.74, 6) is 0.254. The van der Waals surface area contributed by atoms with Crippen LogP contribution in [0.4, 0.5) is 23.8 Å². The first-order chi connectivity index (χ1) is 10.5. The molecule has 0 spiro atoms. The van der Waals surface area contributed by atoms with E-state index in [-0.39, 0.29) is 5.82 Å². The molecule has 0 aromatic carbocycles. The Labute approximate surface area is 134 Å². The molecule has 2 aromatic heterocycles. The summed E-state index contributed by atoms with van der Waals surface area (Å²) in [5, 5.41) is 8.23. The first-order valence-corrected chi connectivity index (χ1v) is 7.46. The number of hydrogen-bond acceptors (Lipinski definition) is 5. The summed E-state index contributed by atoms with van der Waals surface area (Å²) in [6.07, 6.45) is -3.77. The number of hydrogen-bond donors (Lipinski definition) is 1. The minimum absolute atomic E-state index is 0.254. The van der Waals surface area contributed by atoms with E-state index in [1.807, 2.05) is 0 Å². The van der Waals surface area contributed by atoms with Crippen molar-refractivity contribution in [1.82, 2.24) is 14.8 Å². The number of ether oxygens (including phenoxy) is 1. The van der Waals surface area contributed by atoms with Gasteiger partial charge in [0, 0.05) is 11.6 Å². The van der Waals surface area contributed by atoms with Gasteiger partial charge in [0.05, 0.1) is 0 Å². The lowest BCUT2D eigenvalue weighted by atomic mass is 10.2. The van der Waals surface area contributed by atoms with E-state index in [1.54, 1.807) is 26.2 Å². The van der Waals surface area contributed by atoms with Crippen molar-refractivity contribution >= 4 is 23.2 Å². The van der Waals surface area contributed by atoms with Crippen LogP contribution in [0.1, 0.15) is 20.8 Å². The average Bonchev–Trinajstić information content (AvgIpc) is 2.93. The molecule has 1 N–H and O–H groups in total. The van der Waals surface area contributed by atoms with E-state index in [9.17, 15) is 18.0 Å². The molecule has 1 amide bonds. The van der Waals surface area contributed by atoms with Gasteiger partial charge in [0.25, 0.3) is 0 Å². The minimum atomic E-state index is -4.34. The van der Waals surface area contributed by atoms with E-state index in [0.29, 0.717) is 10.7 Å². The fourth-order valence-electron chi connectivity index (χ4n) is 1.60. The molecule has 0 saturated heterocycles. The minimum Gasteiger partial charge on any atom is -0.444 e. The second-order valence-corrected chi connectivity index (χ2v) is 6.54. The van der Waals surface area contributed by atoms with Gasteiger partial charge in [0.2, 0.25) is 0 Å². The average molecular weight is 348 g/mol. The number of carbonyl (C=O) groups is 1. The highest BCUT2D eigenvalue weighted by Crippen LogP contribution is 2.25. The molecule has 0 atom stereocenters. The molecule has 6 nitrogen and oxygen atoms in total. The van der Waals surface area contributed by atoms with Gasteiger partial charge in [-0.1, -0.05) is 0 Å². The van der Waals surface area contributed by atoms with Crippen LogP contribution >= 0.6 is 11.3 Å². The highest BCUT2D eigenvalue weighted by molar-refractivity contribution is 7.13. The van der Waals surface area contributed by atoms with E-state index in [4.69, 9.17) is 4.74 Å². The lowest BCUT2D eigenvalue weighted by molar-refractivity contribution is -0.142. The quantitative estimate of drug-likeness (QED) is 0.913. The molecule has 0 bridgehead atoms. The molecule has 0 saturated carbocycles. The van der Waals surface area contributed by atoms with Crippen LogP contribution in [0.3, 0.4) is 0 Å². The Hall–Kier alpha value is -2.10. The molecule has 0 aliphatic heterocycles. The summed E-state index contributed by atoms with van der Waals surface area (Å²) in [7, 11) is 0. The van der Waals surface area contributed by atoms with E-state index in [1.165, 1.54) is 12.3 Å². The highest BCUT2D eigenvalue weighted by atomic mass is 32.1. The molecule has 10 heteroatoms. The van der Waals surface area contributed by atoms with Crippen LogP contribution in [0, 0.1) is 0 Å². The number of thiazole rings is 1. The van der Waals surface area contributed by atoms with Gasteiger partial charge in [-0.3, -0.25) is 10.00 Å². The zero-order chi connectivity index (χ0) is 17.3. The lowest BCUT2D eigenvalue weighted by Crippen LogP contribution is -2.27. The highest BCUT2D eigenvalue weighted by Gasteiger charge is 2.28. The SMILES string of the molecule is CC(C)(C)OC(=O)Nc1csc(-c2ccn(CC(F)(F)F)n2)n1. The van der Waals surface area contributed by atoms with Gasteiger partial charge in [-0.15, -0.1) is 11.3 Å². The number of rotatable bonds is 3. The summed E-state index contributed by atoms with van der Waals surface area (Å²) >= 11 is 1.16. The fourth-order valence-corrected chi connectivity index (χ4v) is 2.32. The van der Waals surface area contributed by atoms with Crippen molar-refractivity contribution in [3.8, 4) is 10.7 Å². The Bertz CT molecular complexity index is 688. The van der Waals surface area contributed by atoms with Crippen molar-refractivity contribution in [2.24, 2.45) is 0 Å². The van der Waals surface area contributed by atoms with Gasteiger partial charge < -0.3 is 4.74 Å². The van der Waals surface area contributed by atoms with Gasteiger partial charge in [0.1, 0.15) is 28.7 Å². The van der Waals surface area contributed by atoms with Crippen molar-refractivity contribution in [3.05, 3.63) is 17.6 Å². The zero-order valence-corrected chi connectivity index (χ0v) is 13.5. The van der Waals surface area contributed by atoms with E-state index in [0.717, 1.165) is 16.0 Å². The van der Waals surface area contributed by atoms with Crippen molar-refractivity contribution in [2.75, 3.05) is 5.32 Å². The van der Waals surface area contributed by atoms with Gasteiger partial charge in [-0.05, 0) is 26.8 Å². The van der Waals surface area contributed by atoms with Crippen LogP contribution < -0.4 is 5.32 Å². The zero-order valence-electron chi connectivity index (χ0n) is 12.6. The number of amides is 1. The van der Waals surface area contributed by atoms with Crippen LogP contribution in [0.5, 0.6) is 0 Å². The van der Waals surface area contributed by atoms with Crippen molar-refractivity contribution in [2.45, 2.75) is 39.1 Å². The Kier molecular flexibility index (Phi) is 4.64. The summed E-state index contributed by atoms with van der Waals surface area (Å²) < 4.78 is 42.8. The smallest absolute Gasteiger partial charge is 0.413 e. The second kappa shape index (κ2) is 6.19. The summed E-state index contributed by atoms with van der Waals surface area (Å²) in [6.45, 7) is 4.02. The third-order valence-corrected chi connectivity index (χ3v) is 3.20. The van der Waals surface area contributed by atoms with Crippen molar-refractivity contribution < 1.29 is 22.7 Å². The molecule has 126 valence electrons. The number of alkyl halides is 3. The fraction of sp³-hybridized carbons (Fsp3) is 0.462. The molecule has 2 aromatic rings. The first-order valence-electron chi connectivity index (χ1n) is 6.58. The molecule has 0 fully saturated rings. The third kappa shape index (κ3) is 5.55. The standard InChI is InChI=1S/C13H15F3N4O2S/c1-12(2,3)22-11(21)18-9-6-23-10(17-9)8-4-5-20(19-8)7-13(14,15)16/h4-6H,7H2,1-3H3,(H,18,21).